The Balaban J connectivity index is 2.50. The number of ether oxygens (including phenoxy) is 1. The molecule has 0 fully saturated rings. The second kappa shape index (κ2) is 5.91. The molecule has 0 radical (unpaired) electrons. The molecule has 0 amide bonds. The third-order valence-electron chi connectivity index (χ3n) is 4.10. The van der Waals surface area contributed by atoms with E-state index < -0.39 is 6.09 Å². The van der Waals surface area contributed by atoms with E-state index in [1.807, 2.05) is 0 Å². The fourth-order valence-corrected chi connectivity index (χ4v) is 3.16. The largest absolute Gasteiger partial charge is 0.448 e. The zero-order valence-electron chi connectivity index (χ0n) is 14.7. The lowest BCUT2D eigenvalue weighted by Crippen LogP contribution is -2.41. The first-order chi connectivity index (χ1) is 10.2. The van der Waals surface area contributed by atoms with Crippen molar-refractivity contribution < 1.29 is 9.53 Å². The molecule has 2 rings (SSSR count). The van der Waals surface area contributed by atoms with Crippen molar-refractivity contribution >= 4 is 11.9 Å². The Morgan fingerprint density at radius 3 is 2.50 bits per heavy atom. The first-order valence-electron chi connectivity index (χ1n) is 8.02. The van der Waals surface area contributed by atoms with E-state index in [1.54, 1.807) is 6.92 Å². The number of hydrogen-bond donors (Lipinski definition) is 1. The molecular formula is C16H28N4O2. The quantitative estimate of drug-likeness (QED) is 0.926. The SMILES string of the molecule is CCOC(=O)n1nc2c(c1NC(C)C)CN(C(C)C)C2(C)C. The van der Waals surface area contributed by atoms with E-state index >= 15 is 0 Å². The lowest BCUT2D eigenvalue weighted by molar-refractivity contribution is 0.0930. The van der Waals surface area contributed by atoms with Crippen LogP contribution in [0.5, 0.6) is 0 Å². The topological polar surface area (TPSA) is 59.4 Å². The lowest BCUT2D eigenvalue weighted by atomic mass is 10.00. The highest BCUT2D eigenvalue weighted by molar-refractivity contribution is 5.76. The molecule has 1 aliphatic rings. The van der Waals surface area contributed by atoms with Gasteiger partial charge in [0.25, 0.3) is 0 Å². The standard InChI is InChI=1S/C16H28N4O2/c1-8-22-15(21)20-14(17-10(2)3)12-9-19(11(4)5)16(6,7)13(12)18-20/h10-11,17H,8-9H2,1-7H3. The molecule has 0 aromatic carbocycles. The molecule has 0 bridgehead atoms. The van der Waals surface area contributed by atoms with Gasteiger partial charge in [0, 0.05) is 24.2 Å². The number of fused-ring (bicyclic) bond motifs is 1. The highest BCUT2D eigenvalue weighted by Crippen LogP contribution is 2.42. The molecule has 1 aliphatic heterocycles. The van der Waals surface area contributed by atoms with Crippen LogP contribution < -0.4 is 5.32 Å². The Bertz CT molecular complexity index is 561. The van der Waals surface area contributed by atoms with Gasteiger partial charge in [-0.25, -0.2) is 4.79 Å². The van der Waals surface area contributed by atoms with Crippen molar-refractivity contribution in [3.8, 4) is 0 Å². The lowest BCUT2D eigenvalue weighted by Gasteiger charge is -2.34. The number of carbonyl (C=O) groups excluding carboxylic acids is 1. The van der Waals surface area contributed by atoms with Gasteiger partial charge in [-0.3, -0.25) is 4.90 Å². The van der Waals surface area contributed by atoms with E-state index in [1.165, 1.54) is 4.68 Å². The maximum absolute atomic E-state index is 12.2. The van der Waals surface area contributed by atoms with Gasteiger partial charge in [-0.05, 0) is 48.5 Å². The van der Waals surface area contributed by atoms with Gasteiger partial charge in [0.1, 0.15) is 5.82 Å². The Morgan fingerprint density at radius 2 is 2.00 bits per heavy atom. The number of rotatable bonds is 4. The van der Waals surface area contributed by atoms with Crippen LogP contribution in [-0.2, 0) is 16.8 Å². The van der Waals surface area contributed by atoms with Crippen molar-refractivity contribution in [1.82, 2.24) is 14.7 Å². The van der Waals surface area contributed by atoms with Gasteiger partial charge in [0.2, 0.25) is 0 Å². The van der Waals surface area contributed by atoms with Crippen LogP contribution in [0, 0.1) is 0 Å². The molecule has 6 heteroatoms. The minimum atomic E-state index is -0.424. The summed E-state index contributed by atoms with van der Waals surface area (Å²) in [6.45, 7) is 15.7. The van der Waals surface area contributed by atoms with E-state index in [-0.39, 0.29) is 11.6 Å². The van der Waals surface area contributed by atoms with Crippen molar-refractivity contribution in [2.24, 2.45) is 0 Å². The van der Waals surface area contributed by atoms with E-state index in [4.69, 9.17) is 4.74 Å². The van der Waals surface area contributed by atoms with Gasteiger partial charge in [-0.1, -0.05) is 0 Å². The van der Waals surface area contributed by atoms with Crippen molar-refractivity contribution in [3.63, 3.8) is 0 Å². The monoisotopic (exact) mass is 308 g/mol. The molecule has 1 N–H and O–H groups in total. The molecule has 2 heterocycles. The number of nitrogens with one attached hydrogen (secondary N) is 1. The second-order valence-corrected chi connectivity index (χ2v) is 6.87. The molecule has 6 nitrogen and oxygen atoms in total. The molecule has 0 saturated carbocycles. The summed E-state index contributed by atoms with van der Waals surface area (Å²) >= 11 is 0. The highest BCUT2D eigenvalue weighted by Gasteiger charge is 2.44. The molecule has 0 atom stereocenters. The zero-order valence-corrected chi connectivity index (χ0v) is 14.7. The number of aromatic nitrogens is 2. The van der Waals surface area contributed by atoms with Crippen LogP contribution in [0.4, 0.5) is 10.6 Å². The van der Waals surface area contributed by atoms with Crippen molar-refractivity contribution in [3.05, 3.63) is 11.3 Å². The van der Waals surface area contributed by atoms with Crippen LogP contribution in [0.1, 0.15) is 59.7 Å². The van der Waals surface area contributed by atoms with Crippen molar-refractivity contribution in [1.29, 1.82) is 0 Å². The third kappa shape index (κ3) is 2.72. The minimum Gasteiger partial charge on any atom is -0.448 e. The fraction of sp³-hybridized carbons (Fsp3) is 0.750. The van der Waals surface area contributed by atoms with Gasteiger partial charge < -0.3 is 10.1 Å². The van der Waals surface area contributed by atoms with Gasteiger partial charge in [-0.2, -0.15) is 5.10 Å². The van der Waals surface area contributed by atoms with E-state index in [9.17, 15) is 4.79 Å². The summed E-state index contributed by atoms with van der Waals surface area (Å²) < 4.78 is 6.52. The van der Waals surface area contributed by atoms with Crippen LogP contribution in [0.25, 0.3) is 0 Å². The van der Waals surface area contributed by atoms with Crippen LogP contribution in [0.3, 0.4) is 0 Å². The highest BCUT2D eigenvalue weighted by atomic mass is 16.6. The third-order valence-corrected chi connectivity index (χ3v) is 4.10. The Hall–Kier alpha value is -1.56. The molecule has 1 aromatic heterocycles. The summed E-state index contributed by atoms with van der Waals surface area (Å²) in [5.41, 5.74) is 1.85. The summed E-state index contributed by atoms with van der Waals surface area (Å²) in [5, 5.41) is 7.95. The van der Waals surface area contributed by atoms with Crippen LogP contribution in [0.15, 0.2) is 0 Å². The van der Waals surface area contributed by atoms with Crippen molar-refractivity contribution in [2.75, 3.05) is 11.9 Å². The van der Waals surface area contributed by atoms with Gasteiger partial charge in [0.15, 0.2) is 0 Å². The first-order valence-corrected chi connectivity index (χ1v) is 8.02. The number of nitrogens with zero attached hydrogens (tertiary/aromatic N) is 3. The summed E-state index contributed by atoms with van der Waals surface area (Å²) in [4.78, 5) is 14.6. The van der Waals surface area contributed by atoms with E-state index in [0.717, 1.165) is 23.6 Å². The molecule has 0 saturated heterocycles. The van der Waals surface area contributed by atoms with Crippen LogP contribution in [0.2, 0.25) is 0 Å². The van der Waals surface area contributed by atoms with Gasteiger partial charge >= 0.3 is 6.09 Å². The molecule has 22 heavy (non-hydrogen) atoms. The number of anilines is 1. The molecule has 0 unspecified atom stereocenters. The minimum absolute atomic E-state index is 0.200. The van der Waals surface area contributed by atoms with E-state index in [2.05, 4.69) is 56.9 Å². The number of hydrogen-bond acceptors (Lipinski definition) is 5. The summed E-state index contributed by atoms with van der Waals surface area (Å²) in [7, 11) is 0. The molecule has 124 valence electrons. The number of carbonyl (C=O) groups is 1. The van der Waals surface area contributed by atoms with E-state index in [0.29, 0.717) is 12.6 Å². The first kappa shape index (κ1) is 16.8. The average Bonchev–Trinajstić information content (AvgIpc) is 2.86. The Kier molecular flexibility index (Phi) is 4.52. The Labute approximate surface area is 132 Å². The summed E-state index contributed by atoms with van der Waals surface area (Å²) in [6, 6.07) is 0.623. The van der Waals surface area contributed by atoms with Gasteiger partial charge in [-0.15, -0.1) is 4.68 Å². The molecule has 0 aliphatic carbocycles. The van der Waals surface area contributed by atoms with Crippen LogP contribution in [-0.4, -0.2) is 39.5 Å². The Morgan fingerprint density at radius 1 is 1.36 bits per heavy atom. The van der Waals surface area contributed by atoms with Crippen molar-refractivity contribution in [2.45, 2.75) is 72.6 Å². The molecule has 0 spiro atoms. The summed E-state index contributed by atoms with van der Waals surface area (Å²) in [6.07, 6.45) is -0.424. The maximum Gasteiger partial charge on any atom is 0.436 e. The average molecular weight is 308 g/mol. The normalized spacial score (nSPS) is 17.1. The molecular weight excluding hydrogens is 280 g/mol. The second-order valence-electron chi connectivity index (χ2n) is 6.87. The maximum atomic E-state index is 12.2. The predicted molar refractivity (Wildman–Crippen MR) is 87.1 cm³/mol. The zero-order chi connectivity index (χ0) is 16.7. The fourth-order valence-electron chi connectivity index (χ4n) is 3.16. The van der Waals surface area contributed by atoms with Gasteiger partial charge in [0.05, 0.1) is 17.8 Å². The summed E-state index contributed by atoms with van der Waals surface area (Å²) in [5.74, 6) is 0.764. The predicted octanol–water partition coefficient (Wildman–Crippen LogP) is 3.17. The molecule has 1 aromatic rings. The smallest absolute Gasteiger partial charge is 0.436 e. The van der Waals surface area contributed by atoms with Crippen LogP contribution >= 0.6 is 0 Å².